The van der Waals surface area contributed by atoms with Gasteiger partial charge in [0.15, 0.2) is 0 Å². The summed E-state index contributed by atoms with van der Waals surface area (Å²) >= 11 is 0. The van der Waals surface area contributed by atoms with Gasteiger partial charge in [-0.25, -0.2) is 4.39 Å². The number of alkyl halides is 2. The lowest BCUT2D eigenvalue weighted by Gasteiger charge is -2.11. The number of halogens is 3. The lowest BCUT2D eigenvalue weighted by atomic mass is 10.1. The van der Waals surface area contributed by atoms with Gasteiger partial charge in [-0.3, -0.25) is 4.79 Å². The highest BCUT2D eigenvalue weighted by atomic mass is 19.3. The number of ether oxygens (including phenoxy) is 1. The number of nitrogens with one attached hydrogen (secondary N) is 1. The third kappa shape index (κ3) is 3.75. The first-order chi connectivity index (χ1) is 9.97. The second-order valence-electron chi connectivity index (χ2n) is 4.29. The largest absolute Gasteiger partial charge is 0.434 e. The number of hydrogen-bond acceptors (Lipinski definition) is 2. The monoisotopic (exact) mass is 295 g/mol. The van der Waals surface area contributed by atoms with Crippen molar-refractivity contribution in [3.8, 4) is 5.75 Å². The van der Waals surface area contributed by atoms with Gasteiger partial charge in [0.2, 0.25) is 0 Å². The van der Waals surface area contributed by atoms with E-state index in [9.17, 15) is 18.0 Å². The van der Waals surface area contributed by atoms with E-state index in [1.807, 2.05) is 0 Å². The van der Waals surface area contributed by atoms with Crippen LogP contribution in [0.25, 0.3) is 0 Å². The molecule has 0 aromatic heterocycles. The van der Waals surface area contributed by atoms with E-state index >= 15 is 0 Å². The molecule has 0 spiro atoms. The molecule has 0 aliphatic rings. The minimum atomic E-state index is -3.03. The Hall–Kier alpha value is -2.50. The van der Waals surface area contributed by atoms with Crippen LogP contribution in [0.1, 0.15) is 15.9 Å². The van der Waals surface area contributed by atoms with E-state index in [2.05, 4.69) is 10.1 Å². The summed E-state index contributed by atoms with van der Waals surface area (Å²) in [6.45, 7) is -1.44. The first-order valence-electron chi connectivity index (χ1n) is 6.08. The van der Waals surface area contributed by atoms with Crippen LogP contribution < -0.4 is 10.1 Å². The molecule has 0 saturated carbocycles. The molecule has 0 atom stereocenters. The first kappa shape index (κ1) is 14.9. The number of aryl methyl sites for hydroxylation is 1. The van der Waals surface area contributed by atoms with Crippen LogP contribution in [0.5, 0.6) is 5.75 Å². The molecular formula is C15H12F3NO2. The zero-order chi connectivity index (χ0) is 15.4. The lowest BCUT2D eigenvalue weighted by Crippen LogP contribution is -2.15. The molecule has 2 rings (SSSR count). The number of amides is 1. The Morgan fingerprint density at radius 2 is 1.90 bits per heavy atom. The fourth-order valence-electron chi connectivity index (χ4n) is 1.72. The van der Waals surface area contributed by atoms with Gasteiger partial charge in [-0.15, -0.1) is 0 Å². The number of para-hydroxylation sites is 1. The molecule has 0 heterocycles. The zero-order valence-corrected chi connectivity index (χ0v) is 11.1. The Labute approximate surface area is 119 Å². The second-order valence-corrected chi connectivity index (χ2v) is 4.29. The highest BCUT2D eigenvalue weighted by Gasteiger charge is 2.15. The standard InChI is InChI=1S/C15H12F3NO2/c1-9-6-7-10(8-12(9)16)19-14(20)11-4-2-3-5-13(11)21-15(17)18/h2-8,15H,1H3,(H,19,20). The Morgan fingerprint density at radius 3 is 2.57 bits per heavy atom. The molecule has 0 unspecified atom stereocenters. The maximum atomic E-state index is 13.4. The van der Waals surface area contributed by atoms with Crippen molar-refractivity contribution in [2.75, 3.05) is 5.32 Å². The zero-order valence-electron chi connectivity index (χ0n) is 11.1. The van der Waals surface area contributed by atoms with E-state index in [1.165, 1.54) is 36.4 Å². The third-order valence-electron chi connectivity index (χ3n) is 2.78. The van der Waals surface area contributed by atoms with Gasteiger partial charge < -0.3 is 10.1 Å². The second kappa shape index (κ2) is 6.30. The van der Waals surface area contributed by atoms with E-state index in [4.69, 9.17) is 0 Å². The summed E-state index contributed by atoms with van der Waals surface area (Å²) in [6, 6.07) is 9.78. The van der Waals surface area contributed by atoms with Gasteiger partial charge in [0.25, 0.3) is 5.91 Å². The predicted molar refractivity (Wildman–Crippen MR) is 72.2 cm³/mol. The van der Waals surface area contributed by atoms with Crippen molar-refractivity contribution >= 4 is 11.6 Å². The molecule has 1 amide bonds. The van der Waals surface area contributed by atoms with Crippen LogP contribution in [-0.4, -0.2) is 12.5 Å². The summed E-state index contributed by atoms with van der Waals surface area (Å²) < 4.78 is 42.3. The predicted octanol–water partition coefficient (Wildman–Crippen LogP) is 3.99. The minimum Gasteiger partial charge on any atom is -0.434 e. The summed E-state index contributed by atoms with van der Waals surface area (Å²) in [7, 11) is 0. The van der Waals surface area contributed by atoms with Crippen LogP contribution in [0.4, 0.5) is 18.9 Å². The van der Waals surface area contributed by atoms with Crippen LogP contribution >= 0.6 is 0 Å². The average Bonchev–Trinajstić information content (AvgIpc) is 2.43. The molecule has 21 heavy (non-hydrogen) atoms. The van der Waals surface area contributed by atoms with Gasteiger partial charge in [-0.05, 0) is 36.8 Å². The molecule has 2 aromatic carbocycles. The number of carbonyl (C=O) groups is 1. The highest BCUT2D eigenvalue weighted by molar-refractivity contribution is 6.06. The Morgan fingerprint density at radius 1 is 1.19 bits per heavy atom. The Bertz CT molecular complexity index is 659. The molecule has 0 aliphatic carbocycles. The van der Waals surface area contributed by atoms with Crippen LogP contribution in [0, 0.1) is 12.7 Å². The van der Waals surface area contributed by atoms with Gasteiger partial charge in [-0.1, -0.05) is 18.2 Å². The summed E-state index contributed by atoms with van der Waals surface area (Å²) in [6.07, 6.45) is 0. The molecular weight excluding hydrogens is 283 g/mol. The van der Waals surface area contributed by atoms with E-state index in [-0.39, 0.29) is 17.0 Å². The van der Waals surface area contributed by atoms with E-state index in [1.54, 1.807) is 6.92 Å². The highest BCUT2D eigenvalue weighted by Crippen LogP contribution is 2.22. The van der Waals surface area contributed by atoms with Crippen LogP contribution in [0.2, 0.25) is 0 Å². The number of rotatable bonds is 4. The average molecular weight is 295 g/mol. The fourth-order valence-corrected chi connectivity index (χ4v) is 1.72. The first-order valence-corrected chi connectivity index (χ1v) is 6.08. The van der Waals surface area contributed by atoms with Crippen molar-refractivity contribution in [2.45, 2.75) is 13.5 Å². The SMILES string of the molecule is Cc1ccc(NC(=O)c2ccccc2OC(F)F)cc1F. The lowest BCUT2D eigenvalue weighted by molar-refractivity contribution is -0.0501. The van der Waals surface area contributed by atoms with Crippen molar-refractivity contribution < 1.29 is 22.7 Å². The molecule has 0 aliphatic heterocycles. The summed E-state index contributed by atoms with van der Waals surface area (Å²) in [5.74, 6) is -1.36. The third-order valence-corrected chi connectivity index (χ3v) is 2.78. The van der Waals surface area contributed by atoms with Crippen molar-refractivity contribution in [3.05, 3.63) is 59.4 Å². The molecule has 2 aromatic rings. The van der Waals surface area contributed by atoms with E-state index < -0.39 is 18.3 Å². The fraction of sp³-hybridized carbons (Fsp3) is 0.133. The molecule has 1 N–H and O–H groups in total. The number of benzene rings is 2. The van der Waals surface area contributed by atoms with Gasteiger partial charge in [0.05, 0.1) is 5.56 Å². The number of carbonyl (C=O) groups excluding carboxylic acids is 1. The van der Waals surface area contributed by atoms with Crippen molar-refractivity contribution in [1.82, 2.24) is 0 Å². The van der Waals surface area contributed by atoms with Crippen LogP contribution in [-0.2, 0) is 0 Å². The topological polar surface area (TPSA) is 38.3 Å². The molecule has 0 saturated heterocycles. The minimum absolute atomic E-state index is 0.0567. The number of anilines is 1. The smallest absolute Gasteiger partial charge is 0.387 e. The Balaban J connectivity index is 2.22. The van der Waals surface area contributed by atoms with Crippen molar-refractivity contribution in [1.29, 1.82) is 0 Å². The summed E-state index contributed by atoms with van der Waals surface area (Å²) in [5, 5.41) is 2.44. The number of hydrogen-bond donors (Lipinski definition) is 1. The molecule has 6 heteroatoms. The summed E-state index contributed by atoms with van der Waals surface area (Å²) in [5.41, 5.74) is 0.614. The molecule has 0 bridgehead atoms. The summed E-state index contributed by atoms with van der Waals surface area (Å²) in [4.78, 5) is 12.1. The quantitative estimate of drug-likeness (QED) is 0.926. The molecule has 0 fully saturated rings. The van der Waals surface area contributed by atoms with Gasteiger partial charge in [-0.2, -0.15) is 8.78 Å². The Kier molecular flexibility index (Phi) is 4.47. The maximum absolute atomic E-state index is 13.4. The molecule has 110 valence electrons. The molecule has 0 radical (unpaired) electrons. The van der Waals surface area contributed by atoms with E-state index in [0.717, 1.165) is 6.07 Å². The van der Waals surface area contributed by atoms with Gasteiger partial charge >= 0.3 is 6.61 Å². The van der Waals surface area contributed by atoms with Gasteiger partial charge in [0, 0.05) is 5.69 Å². The maximum Gasteiger partial charge on any atom is 0.387 e. The van der Waals surface area contributed by atoms with E-state index in [0.29, 0.717) is 5.56 Å². The van der Waals surface area contributed by atoms with Crippen molar-refractivity contribution in [2.24, 2.45) is 0 Å². The van der Waals surface area contributed by atoms with Crippen LogP contribution in [0.15, 0.2) is 42.5 Å². The molecule has 3 nitrogen and oxygen atoms in total. The van der Waals surface area contributed by atoms with Gasteiger partial charge in [0.1, 0.15) is 11.6 Å². The van der Waals surface area contributed by atoms with Crippen molar-refractivity contribution in [3.63, 3.8) is 0 Å². The normalized spacial score (nSPS) is 10.5. The van der Waals surface area contributed by atoms with Crippen LogP contribution in [0.3, 0.4) is 0 Å².